The van der Waals surface area contributed by atoms with E-state index in [0.717, 1.165) is 12.2 Å². The predicted octanol–water partition coefficient (Wildman–Crippen LogP) is 4.37. The molecule has 0 atom stereocenters. The number of hydrogen-bond acceptors (Lipinski definition) is 2. The lowest BCUT2D eigenvalue weighted by atomic mass is 9.82. The molecule has 2 nitrogen and oxygen atoms in total. The van der Waals surface area contributed by atoms with Crippen LogP contribution in [0, 0.1) is 5.41 Å². The van der Waals surface area contributed by atoms with E-state index in [1.54, 1.807) is 0 Å². The van der Waals surface area contributed by atoms with Crippen LogP contribution < -0.4 is 0 Å². The molecule has 0 radical (unpaired) electrons. The van der Waals surface area contributed by atoms with E-state index in [1.165, 1.54) is 37.1 Å². The molecule has 1 aliphatic rings. The molecule has 2 heterocycles. The van der Waals surface area contributed by atoms with E-state index in [9.17, 15) is 0 Å². The molecule has 21 heavy (non-hydrogen) atoms. The summed E-state index contributed by atoms with van der Waals surface area (Å²) in [5.74, 6) is 0. The Labute approximate surface area is 127 Å². The van der Waals surface area contributed by atoms with Gasteiger partial charge >= 0.3 is 0 Å². The highest BCUT2D eigenvalue weighted by Crippen LogP contribution is 2.31. The van der Waals surface area contributed by atoms with Crippen molar-refractivity contribution in [2.75, 3.05) is 13.1 Å². The van der Waals surface area contributed by atoms with E-state index >= 15 is 0 Å². The summed E-state index contributed by atoms with van der Waals surface area (Å²) in [5, 5.41) is 0. The fraction of sp³-hybridized carbons (Fsp3) is 0.421. The van der Waals surface area contributed by atoms with Crippen molar-refractivity contribution >= 4 is 0 Å². The molecule has 1 fully saturated rings. The minimum Gasteiger partial charge on any atom is -0.299 e. The molecular weight excluding hydrogens is 256 g/mol. The first kappa shape index (κ1) is 14.3. The molecule has 0 N–H and O–H groups in total. The number of likely N-dealkylation sites (tertiary alicyclic amines) is 1. The standard InChI is InChI=1S/C19H24N2/c1-19(2)10-13-21(14-11-19)15-17-9-6-12-20-18(17)16-7-4-3-5-8-16/h3-9,12H,10-11,13-15H2,1-2H3. The number of piperidine rings is 1. The number of hydrogen-bond donors (Lipinski definition) is 0. The molecule has 0 amide bonds. The van der Waals surface area contributed by atoms with Crippen LogP contribution in [-0.2, 0) is 6.54 Å². The Morgan fingerprint density at radius 3 is 2.43 bits per heavy atom. The molecule has 1 aliphatic heterocycles. The first-order valence-corrected chi connectivity index (χ1v) is 7.86. The second-order valence-electron chi connectivity index (χ2n) is 6.82. The fourth-order valence-electron chi connectivity index (χ4n) is 2.98. The third-order valence-electron chi connectivity index (χ3n) is 4.54. The molecule has 1 aromatic carbocycles. The summed E-state index contributed by atoms with van der Waals surface area (Å²) in [4.78, 5) is 7.18. The summed E-state index contributed by atoms with van der Waals surface area (Å²) in [7, 11) is 0. The number of benzene rings is 1. The Balaban J connectivity index is 1.78. The van der Waals surface area contributed by atoms with Gasteiger partial charge < -0.3 is 0 Å². The molecule has 2 heteroatoms. The first-order chi connectivity index (χ1) is 10.1. The van der Waals surface area contributed by atoms with Gasteiger partial charge in [-0.1, -0.05) is 50.2 Å². The van der Waals surface area contributed by atoms with E-state index in [2.05, 4.69) is 66.2 Å². The number of aromatic nitrogens is 1. The SMILES string of the molecule is CC1(C)CCN(Cc2cccnc2-c2ccccc2)CC1. The highest BCUT2D eigenvalue weighted by Gasteiger charge is 2.25. The lowest BCUT2D eigenvalue weighted by Gasteiger charge is -2.37. The van der Waals surface area contributed by atoms with Crippen molar-refractivity contribution in [1.82, 2.24) is 9.88 Å². The van der Waals surface area contributed by atoms with Gasteiger partial charge in [-0.15, -0.1) is 0 Å². The van der Waals surface area contributed by atoms with E-state index in [-0.39, 0.29) is 0 Å². The zero-order valence-corrected chi connectivity index (χ0v) is 13.0. The topological polar surface area (TPSA) is 16.1 Å². The van der Waals surface area contributed by atoms with Gasteiger partial charge in [0.15, 0.2) is 0 Å². The predicted molar refractivity (Wildman–Crippen MR) is 88.0 cm³/mol. The van der Waals surface area contributed by atoms with Gasteiger partial charge in [0, 0.05) is 18.3 Å². The van der Waals surface area contributed by atoms with Gasteiger partial charge in [0.2, 0.25) is 0 Å². The van der Waals surface area contributed by atoms with Crippen LogP contribution in [0.3, 0.4) is 0 Å². The van der Waals surface area contributed by atoms with Gasteiger partial charge in [0.1, 0.15) is 0 Å². The average Bonchev–Trinajstić information content (AvgIpc) is 2.51. The molecule has 1 aromatic heterocycles. The lowest BCUT2D eigenvalue weighted by Crippen LogP contribution is -2.36. The highest BCUT2D eigenvalue weighted by atomic mass is 15.1. The van der Waals surface area contributed by atoms with E-state index in [4.69, 9.17) is 0 Å². The normalized spacial score (nSPS) is 18.6. The van der Waals surface area contributed by atoms with E-state index in [1.807, 2.05) is 6.20 Å². The maximum atomic E-state index is 4.62. The van der Waals surface area contributed by atoms with Crippen molar-refractivity contribution < 1.29 is 0 Å². The third-order valence-corrected chi connectivity index (χ3v) is 4.54. The van der Waals surface area contributed by atoms with Crippen LogP contribution in [0.15, 0.2) is 48.7 Å². The molecule has 2 aromatic rings. The summed E-state index contributed by atoms with van der Waals surface area (Å²) >= 11 is 0. The van der Waals surface area contributed by atoms with Crippen LogP contribution >= 0.6 is 0 Å². The molecule has 0 bridgehead atoms. The van der Waals surface area contributed by atoms with Crippen molar-refractivity contribution in [2.45, 2.75) is 33.2 Å². The number of nitrogens with zero attached hydrogens (tertiary/aromatic N) is 2. The summed E-state index contributed by atoms with van der Waals surface area (Å²) in [6, 6.07) is 14.8. The number of pyridine rings is 1. The van der Waals surface area contributed by atoms with Gasteiger partial charge in [-0.3, -0.25) is 9.88 Å². The Kier molecular flexibility index (Phi) is 4.07. The number of rotatable bonds is 3. The van der Waals surface area contributed by atoms with E-state index < -0.39 is 0 Å². The Bertz CT molecular complexity index is 580. The van der Waals surface area contributed by atoms with Crippen LogP contribution in [0.1, 0.15) is 32.3 Å². The quantitative estimate of drug-likeness (QED) is 0.830. The summed E-state index contributed by atoms with van der Waals surface area (Å²) in [6.07, 6.45) is 4.47. The molecule has 1 saturated heterocycles. The summed E-state index contributed by atoms with van der Waals surface area (Å²) in [6.45, 7) is 8.15. The largest absolute Gasteiger partial charge is 0.299 e. The smallest absolute Gasteiger partial charge is 0.0746 e. The van der Waals surface area contributed by atoms with Crippen LogP contribution in [0.25, 0.3) is 11.3 Å². The van der Waals surface area contributed by atoms with Crippen molar-refractivity contribution in [3.63, 3.8) is 0 Å². The molecule has 0 spiro atoms. The van der Waals surface area contributed by atoms with E-state index in [0.29, 0.717) is 5.41 Å². The van der Waals surface area contributed by atoms with Crippen molar-refractivity contribution in [3.05, 3.63) is 54.2 Å². The Morgan fingerprint density at radius 1 is 1.00 bits per heavy atom. The third kappa shape index (κ3) is 3.51. The van der Waals surface area contributed by atoms with Crippen LogP contribution in [0.4, 0.5) is 0 Å². The van der Waals surface area contributed by atoms with Gasteiger partial charge in [-0.05, 0) is 43.0 Å². The second-order valence-corrected chi connectivity index (χ2v) is 6.82. The maximum Gasteiger partial charge on any atom is 0.0746 e. The zero-order chi connectivity index (χ0) is 14.7. The summed E-state index contributed by atoms with van der Waals surface area (Å²) < 4.78 is 0. The van der Waals surface area contributed by atoms with Gasteiger partial charge in [-0.2, -0.15) is 0 Å². The van der Waals surface area contributed by atoms with Crippen LogP contribution in [0.2, 0.25) is 0 Å². The highest BCUT2D eigenvalue weighted by molar-refractivity contribution is 5.62. The molecule has 3 rings (SSSR count). The average molecular weight is 280 g/mol. The molecule has 0 unspecified atom stereocenters. The van der Waals surface area contributed by atoms with Crippen molar-refractivity contribution in [1.29, 1.82) is 0 Å². The molecule has 110 valence electrons. The Morgan fingerprint density at radius 2 is 1.71 bits per heavy atom. The lowest BCUT2D eigenvalue weighted by molar-refractivity contribution is 0.127. The van der Waals surface area contributed by atoms with Gasteiger partial charge in [0.25, 0.3) is 0 Å². The monoisotopic (exact) mass is 280 g/mol. The molecular formula is C19H24N2. The maximum absolute atomic E-state index is 4.62. The van der Waals surface area contributed by atoms with Crippen LogP contribution in [-0.4, -0.2) is 23.0 Å². The Hall–Kier alpha value is -1.67. The van der Waals surface area contributed by atoms with Gasteiger partial charge in [0.05, 0.1) is 5.69 Å². The van der Waals surface area contributed by atoms with Crippen LogP contribution in [0.5, 0.6) is 0 Å². The molecule has 0 saturated carbocycles. The minimum absolute atomic E-state index is 0.508. The second kappa shape index (κ2) is 5.98. The summed E-state index contributed by atoms with van der Waals surface area (Å²) in [5.41, 5.74) is 4.19. The molecule has 0 aliphatic carbocycles. The minimum atomic E-state index is 0.508. The fourth-order valence-corrected chi connectivity index (χ4v) is 2.98. The van der Waals surface area contributed by atoms with Gasteiger partial charge in [-0.25, -0.2) is 0 Å². The van der Waals surface area contributed by atoms with Crippen molar-refractivity contribution in [2.24, 2.45) is 5.41 Å². The first-order valence-electron chi connectivity index (χ1n) is 7.86. The van der Waals surface area contributed by atoms with Crippen molar-refractivity contribution in [3.8, 4) is 11.3 Å². The zero-order valence-electron chi connectivity index (χ0n) is 13.0.